The van der Waals surface area contributed by atoms with Crippen molar-refractivity contribution in [3.05, 3.63) is 34.9 Å². The summed E-state index contributed by atoms with van der Waals surface area (Å²) in [4.78, 5) is 27.1. The van der Waals surface area contributed by atoms with Gasteiger partial charge in [0.2, 0.25) is 0 Å². The fourth-order valence-corrected chi connectivity index (χ4v) is 3.58. The molecule has 0 aromatic heterocycles. The highest BCUT2D eigenvalue weighted by Gasteiger charge is 2.35. The average molecular weight is 396 g/mol. The fourth-order valence-electron chi connectivity index (χ4n) is 3.45. The van der Waals surface area contributed by atoms with Gasteiger partial charge in [-0.15, -0.1) is 0 Å². The van der Waals surface area contributed by atoms with Gasteiger partial charge in [-0.2, -0.15) is 0 Å². The lowest BCUT2D eigenvalue weighted by molar-refractivity contribution is -0.138. The van der Waals surface area contributed by atoms with Crippen molar-refractivity contribution in [2.45, 2.75) is 25.0 Å². The number of urea groups is 1. The summed E-state index contributed by atoms with van der Waals surface area (Å²) >= 11 is 5.98. The van der Waals surface area contributed by atoms with Gasteiger partial charge < -0.3 is 20.1 Å². The number of carboxylic acid groups (broad SMARTS) is 1. The number of rotatable bonds is 7. The van der Waals surface area contributed by atoms with Crippen LogP contribution in [0.15, 0.2) is 24.3 Å². The lowest BCUT2D eigenvalue weighted by Crippen LogP contribution is -2.53. The van der Waals surface area contributed by atoms with E-state index < -0.39 is 5.97 Å². The molecule has 27 heavy (non-hydrogen) atoms. The number of carbonyl (C=O) groups is 2. The van der Waals surface area contributed by atoms with Gasteiger partial charge in [-0.3, -0.25) is 9.69 Å². The SMILES string of the molecule is CN(CC(=O)O)CC1CN(C(=O)NC(c2ccc(Cl)cc2)C2CC2)CCO1. The van der Waals surface area contributed by atoms with E-state index in [0.29, 0.717) is 37.2 Å². The highest BCUT2D eigenvalue weighted by molar-refractivity contribution is 6.30. The smallest absolute Gasteiger partial charge is 0.318 e. The number of aliphatic carboxylic acids is 1. The Balaban J connectivity index is 1.57. The van der Waals surface area contributed by atoms with Crippen molar-refractivity contribution >= 4 is 23.6 Å². The Labute approximate surface area is 164 Å². The van der Waals surface area contributed by atoms with Crippen LogP contribution in [0.25, 0.3) is 0 Å². The van der Waals surface area contributed by atoms with Gasteiger partial charge in [-0.25, -0.2) is 4.79 Å². The Kier molecular flexibility index (Phi) is 6.57. The topological polar surface area (TPSA) is 82.1 Å². The van der Waals surface area contributed by atoms with E-state index in [4.69, 9.17) is 21.4 Å². The number of nitrogens with zero attached hydrogens (tertiary/aromatic N) is 2. The van der Waals surface area contributed by atoms with Crippen molar-refractivity contribution in [1.29, 1.82) is 0 Å². The second-order valence-electron chi connectivity index (χ2n) is 7.35. The second kappa shape index (κ2) is 8.91. The molecule has 8 heteroatoms. The average Bonchev–Trinajstić information content (AvgIpc) is 3.45. The Hall–Kier alpha value is -1.83. The number of hydrogen-bond acceptors (Lipinski definition) is 4. The Morgan fingerprint density at radius 1 is 1.37 bits per heavy atom. The van der Waals surface area contributed by atoms with Crippen molar-refractivity contribution in [3.8, 4) is 0 Å². The highest BCUT2D eigenvalue weighted by atomic mass is 35.5. The monoisotopic (exact) mass is 395 g/mol. The molecule has 0 spiro atoms. The number of carbonyl (C=O) groups excluding carboxylic acids is 1. The van der Waals surface area contributed by atoms with Crippen molar-refractivity contribution in [2.75, 3.05) is 39.8 Å². The van der Waals surface area contributed by atoms with Crippen molar-refractivity contribution in [2.24, 2.45) is 5.92 Å². The third-order valence-electron chi connectivity index (χ3n) is 4.95. The van der Waals surface area contributed by atoms with Gasteiger partial charge in [0.1, 0.15) is 0 Å². The molecule has 2 amide bonds. The summed E-state index contributed by atoms with van der Waals surface area (Å²) in [5.41, 5.74) is 1.07. The zero-order valence-corrected chi connectivity index (χ0v) is 16.2. The van der Waals surface area contributed by atoms with E-state index >= 15 is 0 Å². The molecule has 2 aliphatic rings. The van der Waals surface area contributed by atoms with Gasteiger partial charge in [0.15, 0.2) is 0 Å². The van der Waals surface area contributed by atoms with E-state index in [9.17, 15) is 9.59 Å². The third kappa shape index (κ3) is 5.82. The highest BCUT2D eigenvalue weighted by Crippen LogP contribution is 2.41. The van der Waals surface area contributed by atoms with E-state index in [2.05, 4.69) is 5.32 Å². The van der Waals surface area contributed by atoms with Crippen LogP contribution in [0.5, 0.6) is 0 Å². The minimum absolute atomic E-state index is 0.00857. The number of nitrogens with one attached hydrogen (secondary N) is 1. The summed E-state index contributed by atoms with van der Waals surface area (Å²) in [6, 6.07) is 7.52. The molecule has 2 unspecified atom stereocenters. The van der Waals surface area contributed by atoms with Crippen LogP contribution < -0.4 is 5.32 Å². The van der Waals surface area contributed by atoms with Crippen LogP contribution in [0.3, 0.4) is 0 Å². The van der Waals surface area contributed by atoms with Gasteiger partial charge in [-0.05, 0) is 43.5 Å². The van der Waals surface area contributed by atoms with E-state index in [1.807, 2.05) is 24.3 Å². The molecule has 148 valence electrons. The molecule has 2 fully saturated rings. The molecule has 1 saturated heterocycles. The number of hydrogen-bond donors (Lipinski definition) is 2. The van der Waals surface area contributed by atoms with Crippen molar-refractivity contribution in [3.63, 3.8) is 0 Å². The Morgan fingerprint density at radius 2 is 2.07 bits per heavy atom. The van der Waals surface area contributed by atoms with Gasteiger partial charge in [0.25, 0.3) is 0 Å². The van der Waals surface area contributed by atoms with Crippen LogP contribution >= 0.6 is 11.6 Å². The first-order valence-electron chi connectivity index (χ1n) is 9.25. The first kappa shape index (κ1) is 19.9. The van der Waals surface area contributed by atoms with E-state index in [1.165, 1.54) is 0 Å². The van der Waals surface area contributed by atoms with Crippen LogP contribution in [0.2, 0.25) is 5.02 Å². The molecule has 0 radical (unpaired) electrons. The molecule has 1 aliphatic carbocycles. The first-order chi connectivity index (χ1) is 12.9. The molecule has 7 nitrogen and oxygen atoms in total. The van der Waals surface area contributed by atoms with E-state index in [0.717, 1.165) is 18.4 Å². The van der Waals surface area contributed by atoms with Crippen molar-refractivity contribution < 1.29 is 19.4 Å². The van der Waals surface area contributed by atoms with Crippen LogP contribution in [0.1, 0.15) is 24.4 Å². The number of likely N-dealkylation sites (N-methyl/N-ethyl adjacent to an activating group) is 1. The fraction of sp³-hybridized carbons (Fsp3) is 0.579. The largest absolute Gasteiger partial charge is 0.480 e. The maximum atomic E-state index is 12.8. The van der Waals surface area contributed by atoms with Crippen LogP contribution in [0, 0.1) is 5.92 Å². The standard InChI is InChI=1S/C19H26ClN3O4/c1-22(12-17(24)25)10-16-11-23(8-9-27-16)19(26)21-18(13-2-3-13)14-4-6-15(20)7-5-14/h4-7,13,16,18H,2-3,8-12H2,1H3,(H,21,26)(H,24,25). The molecule has 1 heterocycles. The molecule has 3 rings (SSSR count). The van der Waals surface area contributed by atoms with E-state index in [1.54, 1.807) is 16.8 Å². The Bertz CT molecular complexity index is 665. The summed E-state index contributed by atoms with van der Waals surface area (Å²) in [6.45, 7) is 1.86. The second-order valence-corrected chi connectivity index (χ2v) is 7.78. The number of ether oxygens (including phenoxy) is 1. The van der Waals surface area contributed by atoms with Crippen LogP contribution in [-0.2, 0) is 9.53 Å². The van der Waals surface area contributed by atoms with E-state index in [-0.39, 0.29) is 24.7 Å². The zero-order valence-electron chi connectivity index (χ0n) is 15.4. The normalized spacial score (nSPS) is 21.1. The van der Waals surface area contributed by atoms with Gasteiger partial charge in [0, 0.05) is 24.7 Å². The molecule has 2 atom stereocenters. The molecule has 1 saturated carbocycles. The Morgan fingerprint density at radius 3 is 2.70 bits per heavy atom. The maximum absolute atomic E-state index is 12.8. The first-order valence-corrected chi connectivity index (χ1v) is 9.63. The van der Waals surface area contributed by atoms with Crippen LogP contribution in [-0.4, -0.2) is 72.8 Å². The molecule has 1 aliphatic heterocycles. The lowest BCUT2D eigenvalue weighted by Gasteiger charge is -2.35. The minimum Gasteiger partial charge on any atom is -0.480 e. The van der Waals surface area contributed by atoms with Gasteiger partial charge in [-0.1, -0.05) is 23.7 Å². The zero-order chi connectivity index (χ0) is 19.4. The molecule has 1 aromatic rings. The molecular formula is C19H26ClN3O4. The summed E-state index contributed by atoms with van der Waals surface area (Å²) < 4.78 is 5.70. The third-order valence-corrected chi connectivity index (χ3v) is 5.20. The summed E-state index contributed by atoms with van der Waals surface area (Å²) in [5.74, 6) is -0.410. The molecule has 0 bridgehead atoms. The van der Waals surface area contributed by atoms with Gasteiger partial charge in [0.05, 0.1) is 25.3 Å². The summed E-state index contributed by atoms with van der Waals surface area (Å²) in [7, 11) is 1.74. The number of amides is 2. The number of morpholine rings is 1. The summed E-state index contributed by atoms with van der Waals surface area (Å²) in [6.07, 6.45) is 2.03. The number of halogens is 1. The molecular weight excluding hydrogens is 370 g/mol. The van der Waals surface area contributed by atoms with Crippen molar-refractivity contribution in [1.82, 2.24) is 15.1 Å². The predicted octanol–water partition coefficient (Wildman–Crippen LogP) is 2.22. The predicted molar refractivity (Wildman–Crippen MR) is 102 cm³/mol. The summed E-state index contributed by atoms with van der Waals surface area (Å²) in [5, 5.41) is 12.7. The van der Waals surface area contributed by atoms with Gasteiger partial charge >= 0.3 is 12.0 Å². The molecule has 2 N–H and O–H groups in total. The molecule has 1 aromatic carbocycles. The number of carboxylic acids is 1. The maximum Gasteiger partial charge on any atom is 0.318 e. The lowest BCUT2D eigenvalue weighted by atomic mass is 10.0. The van der Waals surface area contributed by atoms with Crippen LogP contribution in [0.4, 0.5) is 4.79 Å². The minimum atomic E-state index is -0.877. The number of benzene rings is 1. The quantitative estimate of drug-likeness (QED) is 0.739.